The van der Waals surface area contributed by atoms with Crippen molar-refractivity contribution in [2.24, 2.45) is 0 Å². The van der Waals surface area contributed by atoms with Crippen molar-refractivity contribution in [3.8, 4) is 0 Å². The maximum absolute atomic E-state index is 5.28. The molecule has 0 radical (unpaired) electrons. The molecule has 2 rings (SSSR count). The van der Waals surface area contributed by atoms with Crippen LogP contribution in [0.2, 0.25) is 0 Å². The highest BCUT2D eigenvalue weighted by Gasteiger charge is 2.05. The number of nitrogens with zero attached hydrogens (tertiary/aromatic N) is 4. The lowest BCUT2D eigenvalue weighted by Crippen LogP contribution is -2.34. The third-order valence-electron chi connectivity index (χ3n) is 3.26. The molecular weight excluding hydrogens is 284 g/mol. The van der Waals surface area contributed by atoms with Crippen LogP contribution < -0.4 is 10.6 Å². The van der Waals surface area contributed by atoms with Crippen molar-refractivity contribution < 1.29 is 0 Å². The quantitative estimate of drug-likeness (QED) is 0.794. The molecule has 114 valence electrons. The fourth-order valence-corrected chi connectivity index (χ4v) is 2.12. The van der Waals surface area contributed by atoms with E-state index in [1.54, 1.807) is 0 Å². The van der Waals surface area contributed by atoms with E-state index < -0.39 is 0 Å². The van der Waals surface area contributed by atoms with Crippen molar-refractivity contribution in [1.29, 1.82) is 0 Å². The first-order valence-electron chi connectivity index (χ1n) is 7.19. The van der Waals surface area contributed by atoms with Gasteiger partial charge in [-0.15, -0.1) is 0 Å². The van der Waals surface area contributed by atoms with Gasteiger partial charge in [0, 0.05) is 37.6 Å². The Bertz CT molecular complexity index is 600. The summed E-state index contributed by atoms with van der Waals surface area (Å²) in [6, 6.07) is 1.99. The van der Waals surface area contributed by atoms with Crippen LogP contribution in [0.3, 0.4) is 0 Å². The first-order valence-corrected chi connectivity index (χ1v) is 7.60. The van der Waals surface area contributed by atoms with E-state index in [0.717, 1.165) is 30.0 Å². The third-order valence-corrected chi connectivity index (χ3v) is 3.55. The molecule has 7 heteroatoms. The zero-order valence-electron chi connectivity index (χ0n) is 12.8. The number of aromatic nitrogens is 4. The maximum Gasteiger partial charge on any atom is 0.166 e. The molecule has 0 amide bonds. The molecule has 2 heterocycles. The molecule has 6 nitrogen and oxygen atoms in total. The Hall–Kier alpha value is -1.89. The second kappa shape index (κ2) is 7.21. The van der Waals surface area contributed by atoms with Crippen molar-refractivity contribution in [3.63, 3.8) is 0 Å². The first-order chi connectivity index (χ1) is 10.1. The van der Waals surface area contributed by atoms with E-state index in [1.165, 1.54) is 0 Å². The average Bonchev–Trinajstić information content (AvgIpc) is 3.09. The van der Waals surface area contributed by atoms with Crippen LogP contribution in [0.4, 0.5) is 0 Å². The molecule has 0 aliphatic heterocycles. The van der Waals surface area contributed by atoms with E-state index in [4.69, 9.17) is 12.2 Å². The number of nitrogens with one attached hydrogen (secondary N) is 2. The smallest absolute Gasteiger partial charge is 0.166 e. The third kappa shape index (κ3) is 4.29. The molecule has 0 aliphatic rings. The number of aryl methyl sites for hydroxylation is 3. The Morgan fingerprint density at radius 2 is 1.86 bits per heavy atom. The van der Waals surface area contributed by atoms with Gasteiger partial charge in [0.05, 0.1) is 17.9 Å². The maximum atomic E-state index is 5.28. The molecule has 0 saturated heterocycles. The number of hydrogen-bond donors (Lipinski definition) is 2. The van der Waals surface area contributed by atoms with Gasteiger partial charge in [0.25, 0.3) is 0 Å². The SMILES string of the molecule is CCn1ccc(CNC(=S)NCc2cn(CC)nc2C)n1. The number of thiocarbonyl (C=S) groups is 1. The second-order valence-electron chi connectivity index (χ2n) is 4.79. The summed E-state index contributed by atoms with van der Waals surface area (Å²) in [5.74, 6) is 0. The van der Waals surface area contributed by atoms with Crippen LogP contribution in [-0.2, 0) is 26.2 Å². The highest BCUT2D eigenvalue weighted by molar-refractivity contribution is 7.80. The Labute approximate surface area is 130 Å². The van der Waals surface area contributed by atoms with E-state index >= 15 is 0 Å². The predicted molar refractivity (Wildman–Crippen MR) is 86.8 cm³/mol. The molecule has 0 fully saturated rings. The van der Waals surface area contributed by atoms with Gasteiger partial charge in [0.2, 0.25) is 0 Å². The fourth-order valence-electron chi connectivity index (χ4n) is 1.98. The monoisotopic (exact) mass is 306 g/mol. The second-order valence-corrected chi connectivity index (χ2v) is 5.20. The van der Waals surface area contributed by atoms with Gasteiger partial charge in [-0.2, -0.15) is 10.2 Å². The molecule has 0 spiro atoms. The topological polar surface area (TPSA) is 59.7 Å². The van der Waals surface area contributed by atoms with Crippen molar-refractivity contribution in [2.75, 3.05) is 0 Å². The van der Waals surface area contributed by atoms with Gasteiger partial charge >= 0.3 is 0 Å². The highest BCUT2D eigenvalue weighted by Crippen LogP contribution is 2.04. The van der Waals surface area contributed by atoms with Gasteiger partial charge in [-0.3, -0.25) is 9.36 Å². The van der Waals surface area contributed by atoms with E-state index in [9.17, 15) is 0 Å². The fraction of sp³-hybridized carbons (Fsp3) is 0.500. The summed E-state index contributed by atoms with van der Waals surface area (Å²) >= 11 is 5.28. The van der Waals surface area contributed by atoms with Crippen LogP contribution >= 0.6 is 12.2 Å². The Balaban J connectivity index is 1.77. The summed E-state index contributed by atoms with van der Waals surface area (Å²) in [6.45, 7) is 9.22. The van der Waals surface area contributed by atoms with Crippen LogP contribution in [0.5, 0.6) is 0 Å². The summed E-state index contributed by atoms with van der Waals surface area (Å²) in [5.41, 5.74) is 3.18. The lowest BCUT2D eigenvalue weighted by Gasteiger charge is -2.08. The minimum Gasteiger partial charge on any atom is -0.359 e. The van der Waals surface area contributed by atoms with Crippen LogP contribution in [0.15, 0.2) is 18.5 Å². The summed E-state index contributed by atoms with van der Waals surface area (Å²) in [5, 5.41) is 15.8. The Morgan fingerprint density at radius 1 is 1.14 bits per heavy atom. The average molecular weight is 306 g/mol. The lowest BCUT2D eigenvalue weighted by molar-refractivity contribution is 0.642. The molecule has 0 saturated carbocycles. The molecule has 21 heavy (non-hydrogen) atoms. The first kappa shape index (κ1) is 15.5. The number of rotatable bonds is 6. The minimum absolute atomic E-state index is 0.629. The summed E-state index contributed by atoms with van der Waals surface area (Å²) in [4.78, 5) is 0. The minimum atomic E-state index is 0.629. The molecule has 2 N–H and O–H groups in total. The molecule has 0 bridgehead atoms. The largest absolute Gasteiger partial charge is 0.359 e. The Kier molecular flexibility index (Phi) is 5.32. The van der Waals surface area contributed by atoms with Crippen molar-refractivity contribution in [1.82, 2.24) is 30.2 Å². The molecule has 0 aliphatic carbocycles. The van der Waals surface area contributed by atoms with Crippen molar-refractivity contribution in [3.05, 3.63) is 35.4 Å². The zero-order chi connectivity index (χ0) is 15.2. The highest BCUT2D eigenvalue weighted by atomic mass is 32.1. The van der Waals surface area contributed by atoms with Gasteiger partial charge in [-0.1, -0.05) is 0 Å². The lowest BCUT2D eigenvalue weighted by atomic mass is 10.3. The molecule has 0 unspecified atom stereocenters. The van der Waals surface area contributed by atoms with E-state index in [1.807, 2.05) is 34.7 Å². The summed E-state index contributed by atoms with van der Waals surface area (Å²) in [7, 11) is 0. The molecule has 0 aromatic carbocycles. The van der Waals surface area contributed by atoms with Crippen LogP contribution in [0.1, 0.15) is 30.8 Å². The standard InChI is InChI=1S/C14H22N6S/c1-4-19-7-6-13(18-19)9-16-14(21)15-8-12-10-20(5-2)17-11(12)3/h6-7,10H,4-5,8-9H2,1-3H3,(H2,15,16,21). The predicted octanol–water partition coefficient (Wildman–Crippen LogP) is 1.59. The van der Waals surface area contributed by atoms with Crippen molar-refractivity contribution >= 4 is 17.3 Å². The molecule has 2 aromatic rings. The van der Waals surface area contributed by atoms with Gasteiger partial charge in [0.15, 0.2) is 5.11 Å². The molecule has 0 atom stereocenters. The summed E-state index contributed by atoms with van der Waals surface area (Å²) in [6.07, 6.45) is 4.02. The van der Waals surface area contributed by atoms with Crippen LogP contribution in [-0.4, -0.2) is 24.7 Å². The van der Waals surface area contributed by atoms with Crippen LogP contribution in [0, 0.1) is 6.92 Å². The van der Waals surface area contributed by atoms with Gasteiger partial charge in [-0.25, -0.2) is 0 Å². The molecule has 2 aromatic heterocycles. The zero-order valence-corrected chi connectivity index (χ0v) is 13.6. The summed E-state index contributed by atoms with van der Waals surface area (Å²) < 4.78 is 3.83. The van der Waals surface area contributed by atoms with E-state index in [-0.39, 0.29) is 0 Å². The van der Waals surface area contributed by atoms with Crippen LogP contribution in [0.25, 0.3) is 0 Å². The molecular formula is C14H22N6S. The van der Waals surface area contributed by atoms with Crippen molar-refractivity contribution in [2.45, 2.75) is 47.0 Å². The number of hydrogen-bond acceptors (Lipinski definition) is 3. The van der Waals surface area contributed by atoms with Gasteiger partial charge in [-0.05, 0) is 39.1 Å². The Morgan fingerprint density at radius 3 is 2.48 bits per heavy atom. The van der Waals surface area contributed by atoms with E-state index in [2.05, 4.69) is 34.7 Å². The van der Waals surface area contributed by atoms with Gasteiger partial charge < -0.3 is 10.6 Å². The van der Waals surface area contributed by atoms with E-state index in [0.29, 0.717) is 18.2 Å². The van der Waals surface area contributed by atoms with Gasteiger partial charge in [0.1, 0.15) is 0 Å². The normalized spacial score (nSPS) is 10.6.